The number of carbonyl (C=O) groups is 2. The maximum absolute atomic E-state index is 12.5. The van der Waals surface area contributed by atoms with Gasteiger partial charge in [0.05, 0.1) is 34.5 Å². The average Bonchev–Trinajstić information content (AvgIpc) is 2.93. The smallest absolute Gasteiger partial charge is 0.748 e. The average molecular weight is 621 g/mol. The minimum absolute atomic E-state index is 0. The summed E-state index contributed by atoms with van der Waals surface area (Å²) in [6, 6.07) is 6.19. The van der Waals surface area contributed by atoms with Gasteiger partial charge in [0.1, 0.15) is 0 Å². The van der Waals surface area contributed by atoms with Gasteiger partial charge in [-0.1, -0.05) is 135 Å². The summed E-state index contributed by atoms with van der Waals surface area (Å²) < 4.78 is 42.3. The van der Waals surface area contributed by atoms with Gasteiger partial charge in [0.15, 0.2) is 0 Å². The number of benzene rings is 1. The van der Waals surface area contributed by atoms with Crippen LogP contribution in [0.3, 0.4) is 0 Å². The third kappa shape index (κ3) is 23.8. The Morgan fingerprint density at radius 3 is 1.24 bits per heavy atom. The van der Waals surface area contributed by atoms with E-state index in [9.17, 15) is 22.6 Å². The van der Waals surface area contributed by atoms with E-state index in [-0.39, 0.29) is 75.5 Å². The van der Waals surface area contributed by atoms with Crippen molar-refractivity contribution >= 4 is 22.1 Å². The second kappa shape index (κ2) is 27.3. The number of hydrogen-bond acceptors (Lipinski definition) is 7. The third-order valence-corrected chi connectivity index (χ3v) is 7.91. The van der Waals surface area contributed by atoms with Crippen molar-refractivity contribution in [3.05, 3.63) is 35.4 Å². The van der Waals surface area contributed by atoms with Gasteiger partial charge >= 0.3 is 63.3 Å². The molecule has 1 aromatic carbocycles. The SMILES string of the molecule is CCCCCCCCCCCCCCCCCCCCCOC(=O)c1ccccc1C(=O)OCCCS(=O)(=O)[O-].[K+]. The van der Waals surface area contributed by atoms with Gasteiger partial charge < -0.3 is 14.0 Å². The Kier molecular flexibility index (Phi) is 27.1. The van der Waals surface area contributed by atoms with Crippen LogP contribution >= 0.6 is 0 Å². The van der Waals surface area contributed by atoms with Crippen LogP contribution in [0.4, 0.5) is 0 Å². The summed E-state index contributed by atoms with van der Waals surface area (Å²) in [7, 11) is -4.36. The molecule has 0 saturated heterocycles. The zero-order valence-electron chi connectivity index (χ0n) is 25.8. The topological polar surface area (TPSA) is 110 Å². The maximum Gasteiger partial charge on any atom is 1.00 e. The van der Waals surface area contributed by atoms with Gasteiger partial charge in [-0.15, -0.1) is 0 Å². The van der Waals surface area contributed by atoms with Crippen molar-refractivity contribution in [2.75, 3.05) is 19.0 Å². The molecule has 0 atom stereocenters. The summed E-state index contributed by atoms with van der Waals surface area (Å²) in [4.78, 5) is 24.8. The predicted octanol–water partition coefficient (Wildman–Crippen LogP) is 5.37. The van der Waals surface area contributed by atoms with Gasteiger partial charge in [0.25, 0.3) is 0 Å². The van der Waals surface area contributed by atoms with Gasteiger partial charge in [0, 0.05) is 5.75 Å². The molecular formula is C32H53KO7S. The van der Waals surface area contributed by atoms with Crippen LogP contribution in [0.5, 0.6) is 0 Å². The molecule has 0 aliphatic rings. The summed E-state index contributed by atoms with van der Waals surface area (Å²) in [5, 5.41) is 0. The Hall–Kier alpha value is -0.294. The molecule has 0 unspecified atom stereocenters. The van der Waals surface area contributed by atoms with Crippen molar-refractivity contribution in [2.24, 2.45) is 0 Å². The van der Waals surface area contributed by atoms with Gasteiger partial charge in [-0.25, -0.2) is 18.0 Å². The second-order valence-electron chi connectivity index (χ2n) is 10.8. The molecule has 0 saturated carbocycles. The van der Waals surface area contributed by atoms with Crippen LogP contribution in [0.2, 0.25) is 0 Å². The molecule has 0 heterocycles. The van der Waals surface area contributed by atoms with Crippen LogP contribution in [-0.4, -0.2) is 43.9 Å². The fourth-order valence-electron chi connectivity index (χ4n) is 4.74. The van der Waals surface area contributed by atoms with E-state index in [1.165, 1.54) is 115 Å². The Labute approximate surface area is 292 Å². The zero-order valence-corrected chi connectivity index (χ0v) is 29.8. The molecule has 9 heteroatoms. The number of ether oxygens (including phenoxy) is 2. The molecule has 0 amide bonds. The van der Waals surface area contributed by atoms with Crippen molar-refractivity contribution in [3.8, 4) is 0 Å². The van der Waals surface area contributed by atoms with E-state index >= 15 is 0 Å². The van der Waals surface area contributed by atoms with E-state index in [0.29, 0.717) is 6.61 Å². The summed E-state index contributed by atoms with van der Waals surface area (Å²) in [6.07, 6.45) is 24.6. The monoisotopic (exact) mass is 620 g/mol. The third-order valence-electron chi connectivity index (χ3n) is 7.12. The molecule has 0 fully saturated rings. The minimum atomic E-state index is -4.36. The molecule has 0 aromatic heterocycles. The molecule has 0 bridgehead atoms. The molecule has 1 rings (SSSR count). The van der Waals surface area contributed by atoms with Crippen molar-refractivity contribution in [1.29, 1.82) is 0 Å². The molecule has 0 aliphatic carbocycles. The van der Waals surface area contributed by atoms with Crippen molar-refractivity contribution in [1.82, 2.24) is 0 Å². The summed E-state index contributed by atoms with van der Waals surface area (Å²) in [5.74, 6) is -1.94. The standard InChI is InChI=1S/C32H54O7S.K/c1-2-3-4-5-6-7-8-9-10-11-12-13-14-15-16-17-18-19-22-26-38-31(33)29-24-20-21-25-30(29)32(34)39-27-23-28-40(35,36)37;/h20-21,24-25H,2-19,22-23,26-28H2,1H3,(H,35,36,37);/q;+1/p-1. The molecule has 0 N–H and O–H groups in total. The maximum atomic E-state index is 12.5. The van der Waals surface area contributed by atoms with Crippen molar-refractivity contribution < 1.29 is 83.4 Å². The second-order valence-corrected chi connectivity index (χ2v) is 12.3. The predicted molar refractivity (Wildman–Crippen MR) is 160 cm³/mol. The fraction of sp³-hybridized carbons (Fsp3) is 0.750. The molecule has 0 aliphatic heterocycles. The Morgan fingerprint density at radius 2 is 0.902 bits per heavy atom. The van der Waals surface area contributed by atoms with E-state index < -0.39 is 27.8 Å². The van der Waals surface area contributed by atoms with E-state index in [2.05, 4.69) is 6.92 Å². The van der Waals surface area contributed by atoms with Gasteiger partial charge in [0.2, 0.25) is 0 Å². The number of unbranched alkanes of at least 4 members (excludes halogenated alkanes) is 18. The number of hydrogen-bond donors (Lipinski definition) is 0. The summed E-state index contributed by atoms with van der Waals surface area (Å²) in [6.45, 7) is 2.34. The van der Waals surface area contributed by atoms with Gasteiger partial charge in [-0.2, -0.15) is 0 Å². The van der Waals surface area contributed by atoms with Crippen LogP contribution in [0.25, 0.3) is 0 Å². The van der Waals surface area contributed by atoms with E-state index in [0.717, 1.165) is 19.3 Å². The molecule has 230 valence electrons. The minimum Gasteiger partial charge on any atom is -0.748 e. The Bertz CT molecular complexity index is 905. The van der Waals surface area contributed by atoms with E-state index in [1.807, 2.05) is 0 Å². The van der Waals surface area contributed by atoms with E-state index in [4.69, 9.17) is 9.47 Å². The van der Waals surface area contributed by atoms with Gasteiger partial charge in [-0.3, -0.25) is 0 Å². The molecule has 0 radical (unpaired) electrons. The first-order valence-electron chi connectivity index (χ1n) is 15.7. The number of carbonyl (C=O) groups excluding carboxylic acids is 2. The first-order chi connectivity index (χ1) is 19.3. The molecule has 1 aromatic rings. The first-order valence-corrected chi connectivity index (χ1v) is 17.3. The quantitative estimate of drug-likeness (QED) is 0.0593. The van der Waals surface area contributed by atoms with Crippen LogP contribution in [0, 0.1) is 0 Å². The fourth-order valence-corrected chi connectivity index (χ4v) is 5.21. The summed E-state index contributed by atoms with van der Waals surface area (Å²) >= 11 is 0. The number of rotatable bonds is 26. The van der Waals surface area contributed by atoms with Crippen LogP contribution in [0.1, 0.15) is 156 Å². The molecule has 41 heavy (non-hydrogen) atoms. The van der Waals surface area contributed by atoms with Crippen molar-refractivity contribution in [2.45, 2.75) is 135 Å². The largest absolute Gasteiger partial charge is 1.00 e. The number of esters is 2. The summed E-state index contributed by atoms with van der Waals surface area (Å²) in [5.41, 5.74) is 0.174. The van der Waals surface area contributed by atoms with Crippen LogP contribution < -0.4 is 51.4 Å². The molecular weight excluding hydrogens is 568 g/mol. The van der Waals surface area contributed by atoms with Crippen molar-refractivity contribution in [3.63, 3.8) is 0 Å². The Balaban J connectivity index is 0.0000160. The molecule has 7 nitrogen and oxygen atoms in total. The van der Waals surface area contributed by atoms with Gasteiger partial charge in [-0.05, 0) is 25.0 Å². The first kappa shape index (κ1) is 40.7. The molecule has 0 spiro atoms. The van der Waals surface area contributed by atoms with Crippen LogP contribution in [0.15, 0.2) is 24.3 Å². The van der Waals surface area contributed by atoms with Crippen LogP contribution in [-0.2, 0) is 19.6 Å². The Morgan fingerprint density at radius 1 is 0.585 bits per heavy atom. The van der Waals surface area contributed by atoms with E-state index in [1.54, 1.807) is 12.1 Å². The zero-order chi connectivity index (χ0) is 29.3. The normalized spacial score (nSPS) is 11.2.